The minimum atomic E-state index is 0.107. The van der Waals surface area contributed by atoms with Crippen molar-refractivity contribution in [3.63, 3.8) is 0 Å². The molecule has 0 spiro atoms. The molecule has 1 amide bonds. The van der Waals surface area contributed by atoms with Crippen LogP contribution in [-0.2, 0) is 4.79 Å². The third-order valence-corrected chi connectivity index (χ3v) is 5.82. The Morgan fingerprint density at radius 1 is 1.23 bits per heavy atom. The third-order valence-electron chi connectivity index (χ3n) is 4.85. The van der Waals surface area contributed by atoms with E-state index in [4.69, 9.17) is 0 Å². The average Bonchev–Trinajstić information content (AvgIpc) is 2.93. The molecular formula is C17H24N2O2S. The first kappa shape index (κ1) is 15.7. The SMILES string of the molecule is Cc1cc(C(=O)CCC(=O)N2C3CCNCC2CC3)c(C)s1. The lowest BCUT2D eigenvalue weighted by Crippen LogP contribution is -2.42. The minimum Gasteiger partial charge on any atom is -0.335 e. The Balaban J connectivity index is 1.60. The molecule has 2 aliphatic heterocycles. The summed E-state index contributed by atoms with van der Waals surface area (Å²) < 4.78 is 0. The molecule has 1 N–H and O–H groups in total. The molecule has 120 valence electrons. The van der Waals surface area contributed by atoms with Crippen molar-refractivity contribution in [1.29, 1.82) is 0 Å². The fourth-order valence-corrected chi connectivity index (χ4v) is 4.72. The maximum Gasteiger partial charge on any atom is 0.223 e. The minimum absolute atomic E-state index is 0.107. The lowest BCUT2D eigenvalue weighted by Gasteiger charge is -2.27. The molecule has 1 aromatic rings. The quantitative estimate of drug-likeness (QED) is 0.868. The summed E-state index contributed by atoms with van der Waals surface area (Å²) in [6, 6.07) is 2.67. The van der Waals surface area contributed by atoms with E-state index in [0.717, 1.165) is 47.7 Å². The number of aryl methyl sites for hydroxylation is 2. The lowest BCUT2D eigenvalue weighted by molar-refractivity contribution is -0.133. The zero-order chi connectivity index (χ0) is 15.7. The molecule has 2 bridgehead atoms. The summed E-state index contributed by atoms with van der Waals surface area (Å²) in [5.74, 6) is 0.268. The van der Waals surface area contributed by atoms with Crippen molar-refractivity contribution in [3.05, 3.63) is 21.4 Å². The predicted octanol–water partition coefficient (Wildman–Crippen LogP) is 2.68. The smallest absolute Gasteiger partial charge is 0.223 e. The summed E-state index contributed by atoms with van der Waals surface area (Å²) in [5, 5.41) is 3.41. The second-order valence-electron chi connectivity index (χ2n) is 6.43. The molecule has 0 aromatic carbocycles. The molecule has 0 radical (unpaired) electrons. The van der Waals surface area contributed by atoms with Crippen LogP contribution in [0.5, 0.6) is 0 Å². The van der Waals surface area contributed by atoms with Crippen LogP contribution in [0.15, 0.2) is 6.07 Å². The number of carbonyl (C=O) groups excluding carboxylic acids is 2. The molecule has 2 aliphatic rings. The van der Waals surface area contributed by atoms with E-state index in [9.17, 15) is 9.59 Å². The summed E-state index contributed by atoms with van der Waals surface area (Å²) in [4.78, 5) is 29.2. The highest BCUT2D eigenvalue weighted by molar-refractivity contribution is 7.12. The number of fused-ring (bicyclic) bond motifs is 2. The van der Waals surface area contributed by atoms with E-state index >= 15 is 0 Å². The van der Waals surface area contributed by atoms with E-state index in [1.807, 2.05) is 19.9 Å². The van der Waals surface area contributed by atoms with E-state index in [0.29, 0.717) is 24.9 Å². The van der Waals surface area contributed by atoms with E-state index in [-0.39, 0.29) is 11.7 Å². The van der Waals surface area contributed by atoms with E-state index in [1.54, 1.807) is 11.3 Å². The zero-order valence-electron chi connectivity index (χ0n) is 13.4. The number of nitrogens with zero attached hydrogens (tertiary/aromatic N) is 1. The Kier molecular flexibility index (Phi) is 4.64. The Morgan fingerprint density at radius 3 is 2.73 bits per heavy atom. The molecule has 3 rings (SSSR count). The molecule has 2 fully saturated rings. The third kappa shape index (κ3) is 3.10. The summed E-state index contributed by atoms with van der Waals surface area (Å²) in [7, 11) is 0. The fourth-order valence-electron chi connectivity index (χ4n) is 3.78. The normalized spacial score (nSPS) is 24.4. The number of rotatable bonds is 4. The van der Waals surface area contributed by atoms with Crippen molar-refractivity contribution in [2.75, 3.05) is 13.1 Å². The summed E-state index contributed by atoms with van der Waals surface area (Å²) in [6.07, 6.45) is 3.94. The van der Waals surface area contributed by atoms with Gasteiger partial charge in [-0.05, 0) is 45.7 Å². The number of amides is 1. The molecule has 0 aliphatic carbocycles. The van der Waals surface area contributed by atoms with Crippen molar-refractivity contribution >= 4 is 23.0 Å². The lowest BCUT2D eigenvalue weighted by atomic mass is 10.1. The highest BCUT2D eigenvalue weighted by atomic mass is 32.1. The van der Waals surface area contributed by atoms with Crippen LogP contribution in [0.4, 0.5) is 0 Å². The number of nitrogens with one attached hydrogen (secondary N) is 1. The molecule has 3 heterocycles. The molecule has 2 atom stereocenters. The van der Waals surface area contributed by atoms with Crippen LogP contribution in [0.1, 0.15) is 52.2 Å². The largest absolute Gasteiger partial charge is 0.335 e. The Bertz CT molecular complexity index is 567. The highest BCUT2D eigenvalue weighted by Crippen LogP contribution is 2.29. The molecule has 0 saturated carbocycles. The molecule has 5 heteroatoms. The second kappa shape index (κ2) is 6.50. The van der Waals surface area contributed by atoms with Gasteiger partial charge in [-0.1, -0.05) is 0 Å². The van der Waals surface area contributed by atoms with Gasteiger partial charge < -0.3 is 10.2 Å². The fraction of sp³-hybridized carbons (Fsp3) is 0.647. The maximum absolute atomic E-state index is 12.6. The monoisotopic (exact) mass is 320 g/mol. The number of hydrogen-bond acceptors (Lipinski definition) is 4. The van der Waals surface area contributed by atoms with Gasteiger partial charge in [0, 0.05) is 46.8 Å². The van der Waals surface area contributed by atoms with Crippen LogP contribution in [0.3, 0.4) is 0 Å². The van der Waals surface area contributed by atoms with Gasteiger partial charge in [-0.2, -0.15) is 0 Å². The van der Waals surface area contributed by atoms with E-state index in [2.05, 4.69) is 10.2 Å². The number of carbonyl (C=O) groups is 2. The summed E-state index contributed by atoms with van der Waals surface area (Å²) >= 11 is 1.65. The Hall–Kier alpha value is -1.20. The first-order valence-electron chi connectivity index (χ1n) is 8.18. The van der Waals surface area contributed by atoms with Crippen molar-refractivity contribution in [3.8, 4) is 0 Å². The second-order valence-corrected chi connectivity index (χ2v) is 7.89. The van der Waals surface area contributed by atoms with Crippen molar-refractivity contribution < 1.29 is 9.59 Å². The summed E-state index contributed by atoms with van der Waals surface area (Å²) in [6.45, 7) is 5.89. The average molecular weight is 320 g/mol. The summed E-state index contributed by atoms with van der Waals surface area (Å²) in [5.41, 5.74) is 0.802. The van der Waals surface area contributed by atoms with Crippen LogP contribution in [-0.4, -0.2) is 41.8 Å². The Labute approximate surface area is 135 Å². The first-order chi connectivity index (χ1) is 10.6. The van der Waals surface area contributed by atoms with Gasteiger partial charge in [-0.25, -0.2) is 0 Å². The van der Waals surface area contributed by atoms with Crippen LogP contribution in [0, 0.1) is 13.8 Å². The van der Waals surface area contributed by atoms with Gasteiger partial charge in [0.1, 0.15) is 0 Å². The number of hydrogen-bond donors (Lipinski definition) is 1. The number of ketones is 1. The van der Waals surface area contributed by atoms with Crippen LogP contribution in [0.2, 0.25) is 0 Å². The van der Waals surface area contributed by atoms with Gasteiger partial charge >= 0.3 is 0 Å². The maximum atomic E-state index is 12.6. The van der Waals surface area contributed by atoms with Crippen molar-refractivity contribution in [2.45, 2.75) is 58.0 Å². The molecular weight excluding hydrogens is 296 g/mol. The molecule has 2 saturated heterocycles. The number of thiophene rings is 1. The number of Topliss-reactive ketones (excluding diaryl/α,β-unsaturated/α-hetero) is 1. The van der Waals surface area contributed by atoms with E-state index in [1.165, 1.54) is 0 Å². The van der Waals surface area contributed by atoms with E-state index < -0.39 is 0 Å². The molecule has 4 nitrogen and oxygen atoms in total. The highest BCUT2D eigenvalue weighted by Gasteiger charge is 2.37. The first-order valence-corrected chi connectivity index (χ1v) is 9.00. The van der Waals surface area contributed by atoms with Crippen LogP contribution < -0.4 is 5.32 Å². The molecule has 2 unspecified atom stereocenters. The van der Waals surface area contributed by atoms with Crippen LogP contribution in [0.25, 0.3) is 0 Å². The van der Waals surface area contributed by atoms with Crippen molar-refractivity contribution in [1.82, 2.24) is 10.2 Å². The van der Waals surface area contributed by atoms with Gasteiger partial charge in [-0.15, -0.1) is 11.3 Å². The standard InChI is InChI=1S/C17H24N2O2S/c1-11-9-15(12(2)22-11)16(20)5-6-17(21)19-13-3-4-14(19)10-18-8-7-13/h9,13-14,18H,3-8,10H2,1-2H3. The molecule has 1 aromatic heterocycles. The zero-order valence-corrected chi connectivity index (χ0v) is 14.2. The van der Waals surface area contributed by atoms with Gasteiger partial charge in [0.2, 0.25) is 5.91 Å². The predicted molar refractivity (Wildman–Crippen MR) is 88.5 cm³/mol. The Morgan fingerprint density at radius 2 is 2.00 bits per heavy atom. The van der Waals surface area contributed by atoms with Gasteiger partial charge in [0.15, 0.2) is 5.78 Å². The topological polar surface area (TPSA) is 49.4 Å². The van der Waals surface area contributed by atoms with Crippen LogP contribution >= 0.6 is 11.3 Å². The molecule has 22 heavy (non-hydrogen) atoms. The van der Waals surface area contributed by atoms with Gasteiger partial charge in [0.25, 0.3) is 0 Å². The van der Waals surface area contributed by atoms with Gasteiger partial charge in [0.05, 0.1) is 0 Å². The van der Waals surface area contributed by atoms with Crippen molar-refractivity contribution in [2.24, 2.45) is 0 Å². The van der Waals surface area contributed by atoms with Gasteiger partial charge in [-0.3, -0.25) is 9.59 Å².